The molecule has 2 N–H and O–H groups in total. The summed E-state index contributed by atoms with van der Waals surface area (Å²) in [5.41, 5.74) is 0.480. The minimum Gasteiger partial charge on any atom is -0.296 e. The third-order valence-electron chi connectivity index (χ3n) is 1.75. The van der Waals surface area contributed by atoms with Crippen molar-refractivity contribution in [3.8, 4) is 0 Å². The lowest BCUT2D eigenvalue weighted by atomic mass is 10.2. The van der Waals surface area contributed by atoms with Crippen LogP contribution in [0.3, 0.4) is 0 Å². The number of hydrogen-bond acceptors (Lipinski definition) is 4. The summed E-state index contributed by atoms with van der Waals surface area (Å²) in [5.74, 6) is -0.264. The first-order valence-electron chi connectivity index (χ1n) is 4.27. The molecule has 0 saturated carbocycles. The molecule has 0 radical (unpaired) electrons. The van der Waals surface area contributed by atoms with Crippen LogP contribution in [-0.4, -0.2) is 16.1 Å². The van der Waals surface area contributed by atoms with Crippen molar-refractivity contribution in [1.82, 2.24) is 10.2 Å². The predicted molar refractivity (Wildman–Crippen MR) is 66.7 cm³/mol. The number of amides is 1. The number of H-pyrrole nitrogens is 1. The fraction of sp³-hybridized carbons (Fsp3) is 0. The van der Waals surface area contributed by atoms with Crippen molar-refractivity contribution >= 4 is 46.2 Å². The van der Waals surface area contributed by atoms with E-state index in [1.54, 1.807) is 24.3 Å². The number of carbonyl (C=O) groups excluding carboxylic acids is 1. The number of nitrogens with zero attached hydrogens (tertiary/aromatic N) is 1. The highest BCUT2D eigenvalue weighted by Gasteiger charge is 2.08. The van der Waals surface area contributed by atoms with E-state index >= 15 is 0 Å². The van der Waals surface area contributed by atoms with E-state index in [4.69, 9.17) is 23.8 Å². The zero-order chi connectivity index (χ0) is 11.5. The number of aromatic amines is 1. The summed E-state index contributed by atoms with van der Waals surface area (Å²) < 4.78 is 0.515. The first-order valence-corrected chi connectivity index (χ1v) is 5.88. The second-order valence-corrected chi connectivity index (χ2v) is 4.98. The minimum absolute atomic E-state index is 0.264. The molecule has 0 atom stereocenters. The molecule has 0 aliphatic heterocycles. The Balaban J connectivity index is 2.17. The molecule has 4 nitrogen and oxygen atoms in total. The molecule has 0 aliphatic carbocycles. The Morgan fingerprint density at radius 1 is 1.56 bits per heavy atom. The molecule has 1 aromatic carbocycles. The molecule has 1 amide bonds. The van der Waals surface area contributed by atoms with Gasteiger partial charge in [-0.3, -0.25) is 15.2 Å². The van der Waals surface area contributed by atoms with Gasteiger partial charge in [-0.25, -0.2) is 0 Å². The first-order chi connectivity index (χ1) is 7.65. The van der Waals surface area contributed by atoms with E-state index in [1.165, 1.54) is 11.3 Å². The number of hydrogen-bond donors (Lipinski definition) is 2. The minimum atomic E-state index is -0.264. The normalized spacial score (nSPS) is 10.1. The largest absolute Gasteiger partial charge is 0.296 e. The van der Waals surface area contributed by atoms with Gasteiger partial charge in [0.25, 0.3) is 5.91 Å². The standard InChI is InChI=1S/C9H6ClN3OS2/c10-6-3-1-2-5(4-6)7(14)11-8-12-13-9(15)16-8/h1-4H,(H,13,15)(H,11,12,14). The summed E-state index contributed by atoms with van der Waals surface area (Å²) in [4.78, 5) is 11.7. The van der Waals surface area contributed by atoms with Gasteiger partial charge in [-0.05, 0) is 30.4 Å². The lowest BCUT2D eigenvalue weighted by molar-refractivity contribution is 0.102. The van der Waals surface area contributed by atoms with Gasteiger partial charge in [0.2, 0.25) is 5.13 Å². The van der Waals surface area contributed by atoms with Gasteiger partial charge >= 0.3 is 0 Å². The van der Waals surface area contributed by atoms with Gasteiger partial charge < -0.3 is 0 Å². The number of carbonyl (C=O) groups is 1. The fourth-order valence-corrected chi connectivity index (χ4v) is 2.06. The summed E-state index contributed by atoms with van der Waals surface area (Å²) >= 11 is 11.8. The van der Waals surface area contributed by atoms with Crippen molar-refractivity contribution in [2.45, 2.75) is 0 Å². The molecule has 82 valence electrons. The number of aromatic nitrogens is 2. The topological polar surface area (TPSA) is 57.8 Å². The molecular formula is C9H6ClN3OS2. The van der Waals surface area contributed by atoms with Crippen LogP contribution >= 0.6 is 35.2 Å². The van der Waals surface area contributed by atoms with Gasteiger partial charge in [-0.1, -0.05) is 29.0 Å². The molecule has 0 saturated heterocycles. The van der Waals surface area contributed by atoms with Crippen LogP contribution in [0.1, 0.15) is 10.4 Å². The van der Waals surface area contributed by atoms with E-state index in [9.17, 15) is 4.79 Å². The average molecular weight is 272 g/mol. The third-order valence-corrected chi connectivity index (χ3v) is 2.99. The average Bonchev–Trinajstić information content (AvgIpc) is 2.64. The molecule has 1 aromatic heterocycles. The maximum Gasteiger partial charge on any atom is 0.257 e. The quantitative estimate of drug-likeness (QED) is 0.825. The van der Waals surface area contributed by atoms with Crippen LogP contribution in [0.25, 0.3) is 0 Å². The fourth-order valence-electron chi connectivity index (χ4n) is 1.08. The number of halogens is 1. The van der Waals surface area contributed by atoms with Crippen LogP contribution in [0.2, 0.25) is 5.02 Å². The maximum absolute atomic E-state index is 11.7. The Bertz CT molecular complexity index is 578. The third kappa shape index (κ3) is 2.66. The van der Waals surface area contributed by atoms with Gasteiger partial charge in [0, 0.05) is 10.6 Å². The van der Waals surface area contributed by atoms with Crippen LogP contribution in [0.5, 0.6) is 0 Å². The van der Waals surface area contributed by atoms with Crippen molar-refractivity contribution in [2.24, 2.45) is 0 Å². The van der Waals surface area contributed by atoms with Crippen molar-refractivity contribution in [3.05, 3.63) is 38.8 Å². The SMILES string of the molecule is O=C(Nc1n[nH]c(=S)s1)c1cccc(Cl)c1. The highest BCUT2D eigenvalue weighted by atomic mass is 35.5. The molecule has 2 aromatic rings. The molecule has 0 unspecified atom stereocenters. The van der Waals surface area contributed by atoms with Crippen molar-refractivity contribution in [3.63, 3.8) is 0 Å². The summed E-state index contributed by atoms with van der Waals surface area (Å²) in [5, 5.41) is 9.98. The molecule has 0 aliphatic rings. The van der Waals surface area contributed by atoms with Crippen LogP contribution < -0.4 is 5.32 Å². The number of anilines is 1. The van der Waals surface area contributed by atoms with Crippen LogP contribution in [0.4, 0.5) is 5.13 Å². The Kier molecular flexibility index (Phi) is 3.33. The number of benzene rings is 1. The van der Waals surface area contributed by atoms with E-state index in [0.29, 0.717) is 19.7 Å². The van der Waals surface area contributed by atoms with Crippen LogP contribution in [0.15, 0.2) is 24.3 Å². The van der Waals surface area contributed by atoms with Gasteiger partial charge in [0.1, 0.15) is 0 Å². The molecule has 16 heavy (non-hydrogen) atoms. The number of rotatable bonds is 2. The van der Waals surface area contributed by atoms with Gasteiger partial charge in [0.15, 0.2) is 3.95 Å². The van der Waals surface area contributed by atoms with Crippen molar-refractivity contribution < 1.29 is 4.79 Å². The van der Waals surface area contributed by atoms with Crippen molar-refractivity contribution in [2.75, 3.05) is 5.32 Å². The Morgan fingerprint density at radius 2 is 2.38 bits per heavy atom. The molecule has 2 rings (SSSR count). The monoisotopic (exact) mass is 271 g/mol. The van der Waals surface area contributed by atoms with Crippen molar-refractivity contribution in [1.29, 1.82) is 0 Å². The summed E-state index contributed by atoms with van der Waals surface area (Å²) in [6.45, 7) is 0. The zero-order valence-electron chi connectivity index (χ0n) is 7.86. The predicted octanol–water partition coefficient (Wildman–Crippen LogP) is 3.11. The lowest BCUT2D eigenvalue weighted by Gasteiger charge is -2.00. The zero-order valence-corrected chi connectivity index (χ0v) is 10.2. The van der Waals surface area contributed by atoms with Gasteiger partial charge in [-0.2, -0.15) is 0 Å². The Hall–Kier alpha value is -1.24. The van der Waals surface area contributed by atoms with Gasteiger partial charge in [0.05, 0.1) is 0 Å². The van der Waals surface area contributed by atoms with Gasteiger partial charge in [-0.15, -0.1) is 5.10 Å². The van der Waals surface area contributed by atoms with Crippen LogP contribution in [0, 0.1) is 3.95 Å². The lowest BCUT2D eigenvalue weighted by Crippen LogP contribution is -2.11. The number of nitrogens with one attached hydrogen (secondary N) is 2. The van der Waals surface area contributed by atoms with E-state index in [-0.39, 0.29) is 5.91 Å². The smallest absolute Gasteiger partial charge is 0.257 e. The molecular weight excluding hydrogens is 266 g/mol. The maximum atomic E-state index is 11.7. The van der Waals surface area contributed by atoms with E-state index in [2.05, 4.69) is 15.5 Å². The first kappa shape index (κ1) is 11.3. The Labute approximate surface area is 105 Å². The van der Waals surface area contributed by atoms with E-state index in [1.807, 2.05) is 0 Å². The molecule has 1 heterocycles. The molecule has 0 fully saturated rings. The second-order valence-electron chi connectivity index (χ2n) is 2.88. The molecule has 0 spiro atoms. The highest BCUT2D eigenvalue weighted by Crippen LogP contribution is 2.15. The second kappa shape index (κ2) is 4.73. The highest BCUT2D eigenvalue weighted by molar-refractivity contribution is 7.73. The van der Waals surface area contributed by atoms with Crippen LogP contribution in [-0.2, 0) is 0 Å². The van der Waals surface area contributed by atoms with E-state index in [0.717, 1.165) is 0 Å². The van der Waals surface area contributed by atoms with E-state index < -0.39 is 0 Å². The summed E-state index contributed by atoms with van der Waals surface area (Å²) in [6.07, 6.45) is 0. The molecule has 7 heteroatoms. The molecule has 0 bridgehead atoms. The summed E-state index contributed by atoms with van der Waals surface area (Å²) in [6, 6.07) is 6.68. The summed E-state index contributed by atoms with van der Waals surface area (Å²) in [7, 11) is 0. The Morgan fingerprint density at radius 3 is 3.00 bits per heavy atom.